The molecule has 0 radical (unpaired) electrons. The minimum Gasteiger partial charge on any atom is -0.378 e. The van der Waals surface area contributed by atoms with Crippen LogP contribution in [0.2, 0.25) is 0 Å². The highest BCUT2D eigenvalue weighted by atomic mass is 32.2. The molecule has 7 nitrogen and oxygen atoms in total. The fraction of sp³-hybridized carbons (Fsp3) is 0.318. The van der Waals surface area contributed by atoms with Crippen molar-refractivity contribution in [2.24, 2.45) is 0 Å². The number of anilines is 4. The monoisotopic (exact) mass is 438 g/mol. The van der Waals surface area contributed by atoms with Crippen LogP contribution < -0.4 is 14.9 Å². The molecule has 1 aliphatic heterocycles. The Morgan fingerprint density at radius 1 is 1.23 bits per heavy atom. The van der Waals surface area contributed by atoms with Crippen LogP contribution in [0.15, 0.2) is 36.5 Å². The summed E-state index contributed by atoms with van der Waals surface area (Å²) in [6.07, 6.45) is 2.75. The molecule has 0 saturated carbocycles. The fourth-order valence-electron chi connectivity index (χ4n) is 3.30. The van der Waals surface area contributed by atoms with Gasteiger partial charge in [-0.15, -0.1) is 0 Å². The number of morpholine rings is 1. The Hall–Kier alpha value is -3.09. The molecular formula is C22H23FN6OS. The van der Waals surface area contributed by atoms with Crippen molar-refractivity contribution < 1.29 is 9.13 Å². The summed E-state index contributed by atoms with van der Waals surface area (Å²) in [6, 6.07) is 10.5. The zero-order valence-electron chi connectivity index (χ0n) is 17.2. The average molecular weight is 439 g/mol. The summed E-state index contributed by atoms with van der Waals surface area (Å²) in [7, 11) is 0. The minimum atomic E-state index is -0.400. The molecule has 9 heteroatoms. The highest BCUT2D eigenvalue weighted by Gasteiger charge is 2.17. The van der Waals surface area contributed by atoms with Gasteiger partial charge in [0.1, 0.15) is 28.8 Å². The highest BCUT2D eigenvalue weighted by Crippen LogP contribution is 2.30. The first-order valence-electron chi connectivity index (χ1n) is 10.2. The van der Waals surface area contributed by atoms with Crippen LogP contribution in [0.25, 0.3) is 11.0 Å². The van der Waals surface area contributed by atoms with Crippen LogP contribution in [-0.2, 0) is 4.74 Å². The third kappa shape index (κ3) is 4.81. The Morgan fingerprint density at radius 3 is 2.84 bits per heavy atom. The number of nitriles is 1. The summed E-state index contributed by atoms with van der Waals surface area (Å²) >= 11 is 1.57. The number of hydrogen-bond acceptors (Lipinski definition) is 8. The lowest BCUT2D eigenvalue weighted by molar-refractivity contribution is 0.122. The summed E-state index contributed by atoms with van der Waals surface area (Å²) in [5.74, 6) is 1.26. The number of fused-ring (bicyclic) bond motifs is 1. The van der Waals surface area contributed by atoms with E-state index in [2.05, 4.69) is 32.9 Å². The maximum absolute atomic E-state index is 14.5. The van der Waals surface area contributed by atoms with E-state index in [1.807, 2.05) is 0 Å². The van der Waals surface area contributed by atoms with E-state index >= 15 is 0 Å². The van der Waals surface area contributed by atoms with Gasteiger partial charge < -0.3 is 19.7 Å². The second-order valence-electron chi connectivity index (χ2n) is 7.07. The Labute approximate surface area is 184 Å². The van der Waals surface area contributed by atoms with E-state index in [1.165, 1.54) is 6.07 Å². The average Bonchev–Trinajstić information content (AvgIpc) is 2.81. The van der Waals surface area contributed by atoms with E-state index in [9.17, 15) is 9.65 Å². The lowest BCUT2D eigenvalue weighted by Gasteiger charge is -2.27. The first-order valence-corrected chi connectivity index (χ1v) is 11.1. The van der Waals surface area contributed by atoms with Gasteiger partial charge in [-0.3, -0.25) is 4.98 Å². The smallest absolute Gasteiger partial charge is 0.148 e. The van der Waals surface area contributed by atoms with Crippen LogP contribution in [0, 0.1) is 17.1 Å². The van der Waals surface area contributed by atoms with Crippen molar-refractivity contribution >= 4 is 45.9 Å². The van der Waals surface area contributed by atoms with Crippen LogP contribution in [0.1, 0.15) is 18.9 Å². The van der Waals surface area contributed by atoms with Crippen molar-refractivity contribution in [2.45, 2.75) is 13.3 Å². The van der Waals surface area contributed by atoms with Crippen molar-refractivity contribution in [2.75, 3.05) is 47.0 Å². The molecular weight excluding hydrogens is 415 g/mol. The maximum atomic E-state index is 14.5. The van der Waals surface area contributed by atoms with E-state index in [0.29, 0.717) is 41.3 Å². The number of rotatable bonds is 7. The lowest BCUT2D eigenvalue weighted by Crippen LogP contribution is -2.36. The van der Waals surface area contributed by atoms with Gasteiger partial charge >= 0.3 is 0 Å². The number of benzene rings is 2. The third-order valence-corrected chi connectivity index (χ3v) is 5.87. The Kier molecular flexibility index (Phi) is 6.70. The molecule has 1 saturated heterocycles. The topological polar surface area (TPSA) is 86.1 Å². The number of aromatic nitrogens is 2. The molecule has 1 aromatic heterocycles. The van der Waals surface area contributed by atoms with Gasteiger partial charge in [0.25, 0.3) is 0 Å². The zero-order chi connectivity index (χ0) is 21.6. The Bertz CT molecular complexity index is 1110. The predicted octanol–water partition coefficient (Wildman–Crippen LogP) is 4.69. The molecule has 0 unspecified atom stereocenters. The summed E-state index contributed by atoms with van der Waals surface area (Å²) in [4.78, 5) is 11.3. The Morgan fingerprint density at radius 2 is 2.06 bits per heavy atom. The van der Waals surface area contributed by atoms with Gasteiger partial charge in [-0.25, -0.2) is 9.37 Å². The minimum absolute atomic E-state index is 0.287. The summed E-state index contributed by atoms with van der Waals surface area (Å²) in [5.41, 5.74) is 3.00. The van der Waals surface area contributed by atoms with E-state index in [0.717, 1.165) is 31.0 Å². The largest absolute Gasteiger partial charge is 0.378 e. The maximum Gasteiger partial charge on any atom is 0.148 e. The van der Waals surface area contributed by atoms with Crippen molar-refractivity contribution in [3.05, 3.63) is 47.9 Å². The SMILES string of the molecule is CCCSNc1ccc(F)c(Nc2ccc3ncc(N4CCOCC4)nc3c2C#N)c1. The number of nitrogens with zero attached hydrogens (tertiary/aromatic N) is 4. The van der Waals surface area contributed by atoms with Gasteiger partial charge in [-0.2, -0.15) is 5.26 Å². The van der Waals surface area contributed by atoms with E-state index in [-0.39, 0.29) is 5.69 Å². The van der Waals surface area contributed by atoms with Crippen LogP contribution >= 0.6 is 11.9 Å². The normalized spacial score (nSPS) is 13.8. The fourth-order valence-corrected chi connectivity index (χ4v) is 3.90. The first kappa shape index (κ1) is 21.2. The van der Waals surface area contributed by atoms with Gasteiger partial charge in [0.2, 0.25) is 0 Å². The number of nitrogens with one attached hydrogen (secondary N) is 2. The zero-order valence-corrected chi connectivity index (χ0v) is 18.0. The molecule has 2 N–H and O–H groups in total. The molecule has 31 heavy (non-hydrogen) atoms. The van der Waals surface area contributed by atoms with Crippen LogP contribution in [0.4, 0.5) is 27.3 Å². The molecule has 0 bridgehead atoms. The molecule has 4 rings (SSSR count). The predicted molar refractivity (Wildman–Crippen MR) is 123 cm³/mol. The van der Waals surface area contributed by atoms with Crippen molar-refractivity contribution in [3.8, 4) is 6.07 Å². The second-order valence-corrected chi connectivity index (χ2v) is 7.97. The molecule has 1 fully saturated rings. The van der Waals surface area contributed by atoms with Crippen molar-refractivity contribution in [1.29, 1.82) is 5.26 Å². The first-order chi connectivity index (χ1) is 15.2. The molecule has 0 atom stereocenters. The van der Waals surface area contributed by atoms with Crippen LogP contribution in [0.3, 0.4) is 0 Å². The van der Waals surface area contributed by atoms with Crippen molar-refractivity contribution in [1.82, 2.24) is 9.97 Å². The van der Waals surface area contributed by atoms with Crippen molar-refractivity contribution in [3.63, 3.8) is 0 Å². The second kappa shape index (κ2) is 9.81. The van der Waals surface area contributed by atoms with Crippen LogP contribution in [-0.4, -0.2) is 42.0 Å². The van der Waals surface area contributed by atoms with E-state index < -0.39 is 5.82 Å². The summed E-state index contributed by atoms with van der Waals surface area (Å²) in [5, 5.41) is 12.9. The Balaban J connectivity index is 1.66. The van der Waals surface area contributed by atoms with Gasteiger partial charge in [0, 0.05) is 24.5 Å². The highest BCUT2D eigenvalue weighted by molar-refractivity contribution is 8.00. The molecule has 2 heterocycles. The molecule has 3 aromatic rings. The molecule has 0 spiro atoms. The van der Waals surface area contributed by atoms with Crippen LogP contribution in [0.5, 0.6) is 0 Å². The number of halogens is 1. The van der Waals surface area contributed by atoms with Gasteiger partial charge in [-0.1, -0.05) is 18.9 Å². The third-order valence-electron chi connectivity index (χ3n) is 4.88. The molecule has 160 valence electrons. The van der Waals surface area contributed by atoms with Gasteiger partial charge in [0.15, 0.2) is 0 Å². The molecule has 2 aromatic carbocycles. The summed E-state index contributed by atoms with van der Waals surface area (Å²) < 4.78 is 23.1. The molecule has 1 aliphatic rings. The summed E-state index contributed by atoms with van der Waals surface area (Å²) in [6.45, 7) is 4.81. The van der Waals surface area contributed by atoms with Gasteiger partial charge in [-0.05, 0) is 36.8 Å². The van der Waals surface area contributed by atoms with E-state index in [4.69, 9.17) is 9.72 Å². The van der Waals surface area contributed by atoms with E-state index in [1.54, 1.807) is 42.4 Å². The van der Waals surface area contributed by atoms with Gasteiger partial charge in [0.05, 0.1) is 36.3 Å². The molecule has 0 aliphatic carbocycles. The quantitative estimate of drug-likeness (QED) is 0.406. The number of ether oxygens (including phenoxy) is 1. The lowest BCUT2D eigenvalue weighted by atomic mass is 10.1. The number of hydrogen-bond donors (Lipinski definition) is 2. The molecule has 0 amide bonds. The standard InChI is InChI=1S/C22H23FN6OS/c1-2-11-31-28-15-3-4-17(23)20(12-15)26-18-5-6-19-22(16(18)13-24)27-21(14-25-19)29-7-9-30-10-8-29/h3-6,12,14,26,28H,2,7-11H2,1H3.